The van der Waals surface area contributed by atoms with Crippen molar-refractivity contribution >= 4 is 23.2 Å². The number of carbonyl (C=O) groups excluding carboxylic acids is 1. The molecule has 4 rings (SSSR count). The molecule has 1 aromatic heterocycles. The molecule has 4 aromatic rings. The highest BCUT2D eigenvalue weighted by Gasteiger charge is 2.20. The van der Waals surface area contributed by atoms with E-state index in [0.29, 0.717) is 22.1 Å². The highest BCUT2D eigenvalue weighted by Crippen LogP contribution is 2.25. The van der Waals surface area contributed by atoms with Crippen molar-refractivity contribution in [1.82, 2.24) is 14.8 Å². The minimum atomic E-state index is -0.492. The summed E-state index contributed by atoms with van der Waals surface area (Å²) in [6.45, 7) is 1.94. The lowest BCUT2D eigenvalue weighted by Crippen LogP contribution is -2.14. The van der Waals surface area contributed by atoms with E-state index in [-0.39, 0.29) is 11.6 Å². The van der Waals surface area contributed by atoms with E-state index in [1.165, 1.54) is 12.1 Å². The van der Waals surface area contributed by atoms with E-state index in [4.69, 9.17) is 11.6 Å². The van der Waals surface area contributed by atoms with E-state index in [1.807, 2.05) is 31.2 Å². The van der Waals surface area contributed by atoms with Crippen molar-refractivity contribution in [1.29, 1.82) is 0 Å². The van der Waals surface area contributed by atoms with E-state index in [1.54, 1.807) is 41.1 Å². The van der Waals surface area contributed by atoms with Gasteiger partial charge in [-0.3, -0.25) is 4.79 Å². The molecule has 0 bridgehead atoms. The van der Waals surface area contributed by atoms with Crippen molar-refractivity contribution in [2.75, 3.05) is 5.32 Å². The molecule has 0 saturated carbocycles. The van der Waals surface area contributed by atoms with Crippen molar-refractivity contribution < 1.29 is 9.18 Å². The van der Waals surface area contributed by atoms with Crippen molar-refractivity contribution in [3.05, 3.63) is 95.0 Å². The molecule has 3 aromatic carbocycles. The number of nitrogens with one attached hydrogen (secondary N) is 1. The average molecular weight is 407 g/mol. The molecule has 0 aliphatic rings. The maximum Gasteiger partial charge on any atom is 0.295 e. The van der Waals surface area contributed by atoms with Crippen molar-refractivity contribution in [3.63, 3.8) is 0 Å². The molecule has 1 amide bonds. The number of nitrogens with zero attached hydrogens (tertiary/aromatic N) is 3. The van der Waals surface area contributed by atoms with Gasteiger partial charge in [0.1, 0.15) is 5.82 Å². The molecule has 0 radical (unpaired) electrons. The fourth-order valence-corrected chi connectivity index (χ4v) is 3.09. The van der Waals surface area contributed by atoms with Gasteiger partial charge in [0.05, 0.1) is 16.4 Å². The SMILES string of the molecule is Cc1ccccc1-n1nc(C(=O)Nc2ccccc2Cl)nc1-c1ccc(F)cc1. The zero-order valence-electron chi connectivity index (χ0n) is 15.4. The second kappa shape index (κ2) is 7.85. The van der Waals surface area contributed by atoms with Crippen LogP contribution in [-0.4, -0.2) is 20.7 Å². The maximum atomic E-state index is 13.4. The number of benzene rings is 3. The van der Waals surface area contributed by atoms with Crippen LogP contribution in [0, 0.1) is 12.7 Å². The lowest BCUT2D eigenvalue weighted by atomic mass is 10.1. The number of carbonyl (C=O) groups is 1. The Morgan fingerprint density at radius 3 is 2.41 bits per heavy atom. The summed E-state index contributed by atoms with van der Waals surface area (Å²) in [5, 5.41) is 7.56. The van der Waals surface area contributed by atoms with Crippen LogP contribution in [0.3, 0.4) is 0 Å². The number of para-hydroxylation sites is 2. The van der Waals surface area contributed by atoms with E-state index in [9.17, 15) is 9.18 Å². The predicted molar refractivity (Wildman–Crippen MR) is 111 cm³/mol. The van der Waals surface area contributed by atoms with Gasteiger partial charge in [-0.1, -0.05) is 41.9 Å². The predicted octanol–water partition coefficient (Wildman–Crippen LogP) is 5.29. The number of rotatable bonds is 4. The Morgan fingerprint density at radius 1 is 1.00 bits per heavy atom. The molecule has 1 heterocycles. The largest absolute Gasteiger partial charge is 0.318 e. The highest BCUT2D eigenvalue weighted by molar-refractivity contribution is 6.33. The number of halogens is 2. The van der Waals surface area contributed by atoms with Crippen molar-refractivity contribution in [3.8, 4) is 17.1 Å². The van der Waals surface area contributed by atoms with Gasteiger partial charge in [-0.25, -0.2) is 14.1 Å². The van der Waals surface area contributed by atoms with Gasteiger partial charge < -0.3 is 5.32 Å². The normalized spacial score (nSPS) is 10.7. The monoisotopic (exact) mass is 406 g/mol. The summed E-state index contributed by atoms with van der Waals surface area (Å²) in [6, 6.07) is 20.4. The summed E-state index contributed by atoms with van der Waals surface area (Å²) in [5.41, 5.74) is 2.84. The first-order valence-electron chi connectivity index (χ1n) is 8.88. The Morgan fingerprint density at radius 2 is 1.69 bits per heavy atom. The molecular formula is C22H16ClFN4O. The number of aromatic nitrogens is 3. The summed E-state index contributed by atoms with van der Waals surface area (Å²) in [4.78, 5) is 17.2. The summed E-state index contributed by atoms with van der Waals surface area (Å²) in [5.74, 6) is -0.433. The Hall–Kier alpha value is -3.51. The van der Waals surface area contributed by atoms with Gasteiger partial charge in [-0.05, 0) is 55.0 Å². The van der Waals surface area contributed by atoms with Crippen LogP contribution in [0.4, 0.5) is 10.1 Å². The van der Waals surface area contributed by atoms with E-state index < -0.39 is 5.91 Å². The third-order valence-electron chi connectivity index (χ3n) is 4.38. The Kier molecular flexibility index (Phi) is 5.10. The molecule has 144 valence electrons. The number of anilines is 1. The molecule has 0 aliphatic carbocycles. The van der Waals surface area contributed by atoms with Gasteiger partial charge in [-0.15, -0.1) is 5.10 Å². The van der Waals surface area contributed by atoms with Crippen LogP contribution in [0.5, 0.6) is 0 Å². The van der Waals surface area contributed by atoms with Crippen LogP contribution in [-0.2, 0) is 0 Å². The van der Waals surface area contributed by atoms with Crippen molar-refractivity contribution in [2.24, 2.45) is 0 Å². The van der Waals surface area contributed by atoms with Crippen LogP contribution in [0.1, 0.15) is 16.2 Å². The molecule has 0 unspecified atom stereocenters. The fraction of sp³-hybridized carbons (Fsp3) is 0.0455. The van der Waals surface area contributed by atoms with Crippen LogP contribution in [0.25, 0.3) is 17.1 Å². The molecule has 29 heavy (non-hydrogen) atoms. The number of hydrogen-bond acceptors (Lipinski definition) is 3. The first kappa shape index (κ1) is 18.8. The standard InChI is InChI=1S/C22H16ClFN4O/c1-14-6-2-5-9-19(14)28-21(15-10-12-16(24)13-11-15)26-20(27-28)22(29)25-18-8-4-3-7-17(18)23/h2-13H,1H3,(H,25,29). The van der Waals surface area contributed by atoms with E-state index >= 15 is 0 Å². The molecule has 0 atom stereocenters. The van der Waals surface area contributed by atoms with E-state index in [2.05, 4.69) is 15.4 Å². The third-order valence-corrected chi connectivity index (χ3v) is 4.71. The number of aryl methyl sites for hydroxylation is 1. The van der Waals surface area contributed by atoms with E-state index in [0.717, 1.165) is 11.3 Å². The first-order valence-corrected chi connectivity index (χ1v) is 9.25. The molecule has 0 spiro atoms. The smallest absolute Gasteiger partial charge is 0.295 e. The van der Waals surface area contributed by atoms with Gasteiger partial charge in [0.2, 0.25) is 5.82 Å². The molecule has 0 aliphatic heterocycles. The zero-order chi connectivity index (χ0) is 20.4. The highest BCUT2D eigenvalue weighted by atomic mass is 35.5. The lowest BCUT2D eigenvalue weighted by molar-refractivity contribution is 0.101. The van der Waals surface area contributed by atoms with Gasteiger partial charge in [0.15, 0.2) is 5.82 Å². The van der Waals surface area contributed by atoms with Gasteiger partial charge >= 0.3 is 0 Å². The lowest BCUT2D eigenvalue weighted by Gasteiger charge is -2.08. The minimum Gasteiger partial charge on any atom is -0.318 e. The molecule has 5 nitrogen and oxygen atoms in total. The topological polar surface area (TPSA) is 59.8 Å². The second-order valence-corrected chi connectivity index (χ2v) is 6.81. The summed E-state index contributed by atoms with van der Waals surface area (Å²) in [7, 11) is 0. The quantitative estimate of drug-likeness (QED) is 0.501. The second-order valence-electron chi connectivity index (χ2n) is 6.40. The van der Waals surface area contributed by atoms with Gasteiger partial charge in [0, 0.05) is 5.56 Å². The first-order chi connectivity index (χ1) is 14.0. The number of hydrogen-bond donors (Lipinski definition) is 1. The van der Waals surface area contributed by atoms with Crippen molar-refractivity contribution in [2.45, 2.75) is 6.92 Å². The summed E-state index contributed by atoms with van der Waals surface area (Å²) < 4.78 is 15.0. The van der Waals surface area contributed by atoms with Crippen LogP contribution < -0.4 is 5.32 Å². The maximum absolute atomic E-state index is 13.4. The summed E-state index contributed by atoms with van der Waals surface area (Å²) in [6.07, 6.45) is 0. The van der Waals surface area contributed by atoms with Gasteiger partial charge in [0.25, 0.3) is 5.91 Å². The Balaban J connectivity index is 1.79. The molecule has 0 fully saturated rings. The fourth-order valence-electron chi connectivity index (χ4n) is 2.90. The average Bonchev–Trinajstić information content (AvgIpc) is 3.16. The Labute approximate surface area is 171 Å². The van der Waals surface area contributed by atoms with Gasteiger partial charge in [-0.2, -0.15) is 0 Å². The molecule has 7 heteroatoms. The van der Waals surface area contributed by atoms with Crippen LogP contribution in [0.15, 0.2) is 72.8 Å². The molecular weight excluding hydrogens is 391 g/mol. The van der Waals surface area contributed by atoms with Crippen LogP contribution in [0.2, 0.25) is 5.02 Å². The molecule has 1 N–H and O–H groups in total. The third kappa shape index (κ3) is 3.88. The van der Waals surface area contributed by atoms with Crippen LogP contribution >= 0.6 is 11.6 Å². The Bertz CT molecular complexity index is 1190. The molecule has 0 saturated heterocycles. The zero-order valence-corrected chi connectivity index (χ0v) is 16.2. The summed E-state index contributed by atoms with van der Waals surface area (Å²) >= 11 is 6.12. The number of amides is 1. The minimum absolute atomic E-state index is 0.0208.